The van der Waals surface area contributed by atoms with Crippen LogP contribution in [0.2, 0.25) is 10.2 Å². The molecule has 0 saturated heterocycles. The number of H-pyrrole nitrogens is 1. The summed E-state index contributed by atoms with van der Waals surface area (Å²) in [5.41, 5.74) is 4.96. The predicted octanol–water partition coefficient (Wildman–Crippen LogP) is 5.10. The van der Waals surface area contributed by atoms with E-state index in [1.54, 1.807) is 29.1 Å². The maximum atomic E-state index is 13.8. The summed E-state index contributed by atoms with van der Waals surface area (Å²) in [5, 5.41) is 11.7. The number of amides is 1. The number of aryl methyl sites for hydroxylation is 1. The number of halogens is 2. The molecule has 10 nitrogen and oxygen atoms in total. The van der Waals surface area contributed by atoms with Gasteiger partial charge in [0.2, 0.25) is 5.91 Å². The van der Waals surface area contributed by atoms with Gasteiger partial charge in [-0.05, 0) is 67.1 Å². The second-order valence-corrected chi connectivity index (χ2v) is 11.7. The zero-order valence-corrected chi connectivity index (χ0v) is 23.1. The number of anilines is 1. The highest BCUT2D eigenvalue weighted by molar-refractivity contribution is 6.31. The molecule has 2 aliphatic heterocycles. The number of carbonyl (C=O) groups is 1. The van der Waals surface area contributed by atoms with Gasteiger partial charge in [-0.2, -0.15) is 0 Å². The van der Waals surface area contributed by atoms with Crippen LogP contribution >= 0.6 is 23.2 Å². The monoisotopic (exact) mass is 584 g/mol. The fourth-order valence-electron chi connectivity index (χ4n) is 6.64. The minimum Gasteiger partial charge on any atom is -0.340 e. The first-order chi connectivity index (χ1) is 19.9. The predicted molar refractivity (Wildman–Crippen MR) is 154 cm³/mol. The van der Waals surface area contributed by atoms with E-state index in [1.807, 2.05) is 29.0 Å². The molecule has 2 unspecified atom stereocenters. The zero-order chi connectivity index (χ0) is 27.9. The summed E-state index contributed by atoms with van der Waals surface area (Å²) >= 11 is 12.4. The molecule has 5 heterocycles. The van der Waals surface area contributed by atoms with Crippen LogP contribution in [0.25, 0.3) is 28.2 Å². The highest BCUT2D eigenvalue weighted by Gasteiger charge is 2.53. The van der Waals surface area contributed by atoms with Crippen molar-refractivity contribution in [3.63, 3.8) is 0 Å². The van der Waals surface area contributed by atoms with Gasteiger partial charge in [-0.25, -0.2) is 14.6 Å². The fraction of sp³-hybridized carbons (Fsp3) is 0.241. The van der Waals surface area contributed by atoms with Crippen LogP contribution in [-0.4, -0.2) is 40.4 Å². The Balaban J connectivity index is 1.20. The van der Waals surface area contributed by atoms with Gasteiger partial charge in [0.15, 0.2) is 5.15 Å². The second kappa shape index (κ2) is 8.86. The maximum Gasteiger partial charge on any atom is 0.255 e. The zero-order valence-electron chi connectivity index (χ0n) is 21.6. The smallest absolute Gasteiger partial charge is 0.255 e. The summed E-state index contributed by atoms with van der Waals surface area (Å²) in [7, 11) is 0. The van der Waals surface area contributed by atoms with Crippen LogP contribution in [0.15, 0.2) is 59.7 Å². The Hall–Kier alpha value is -4.28. The van der Waals surface area contributed by atoms with E-state index in [1.165, 1.54) is 0 Å². The van der Waals surface area contributed by atoms with Crippen molar-refractivity contribution in [3.05, 3.63) is 92.6 Å². The number of aromatic nitrogens is 7. The van der Waals surface area contributed by atoms with Gasteiger partial charge in [-0.1, -0.05) is 34.5 Å². The molecular formula is C29H22Cl2N8O2. The maximum absolute atomic E-state index is 13.8. The Labute approximate surface area is 243 Å². The molecule has 1 saturated carbocycles. The van der Waals surface area contributed by atoms with Crippen LogP contribution in [0.1, 0.15) is 48.8 Å². The number of benzene rings is 2. The number of aromatic amines is 1. The van der Waals surface area contributed by atoms with Gasteiger partial charge in [0.05, 0.1) is 29.5 Å². The number of carbonyl (C=O) groups excluding carboxylic acids is 1. The molecule has 2 atom stereocenters. The van der Waals surface area contributed by atoms with Gasteiger partial charge in [0, 0.05) is 34.7 Å². The van der Waals surface area contributed by atoms with Crippen molar-refractivity contribution in [3.8, 4) is 28.2 Å². The summed E-state index contributed by atoms with van der Waals surface area (Å²) in [4.78, 5) is 38.9. The Morgan fingerprint density at radius 3 is 2.80 bits per heavy atom. The molecule has 0 radical (unpaired) electrons. The number of rotatable bonds is 4. The lowest BCUT2D eigenvalue weighted by Gasteiger charge is -2.29. The van der Waals surface area contributed by atoms with Crippen LogP contribution in [0.5, 0.6) is 0 Å². The van der Waals surface area contributed by atoms with E-state index in [0.29, 0.717) is 34.8 Å². The second-order valence-electron chi connectivity index (χ2n) is 10.9. The highest BCUT2D eigenvalue weighted by Crippen LogP contribution is 2.54. The summed E-state index contributed by atoms with van der Waals surface area (Å²) in [6.45, 7) is 0. The number of fused-ring (bicyclic) bond motifs is 6. The average Bonchev–Trinajstić information content (AvgIpc) is 3.77. The van der Waals surface area contributed by atoms with Crippen molar-refractivity contribution < 1.29 is 4.79 Å². The molecule has 2 aromatic carbocycles. The van der Waals surface area contributed by atoms with Gasteiger partial charge < -0.3 is 10.3 Å². The third-order valence-electron chi connectivity index (χ3n) is 8.50. The molecule has 3 aromatic heterocycles. The van der Waals surface area contributed by atoms with E-state index in [4.69, 9.17) is 33.2 Å². The number of hydrogen-bond donors (Lipinski definition) is 2. The van der Waals surface area contributed by atoms with Crippen molar-refractivity contribution in [2.75, 3.05) is 5.32 Å². The topological polar surface area (TPSA) is 123 Å². The lowest BCUT2D eigenvalue weighted by atomic mass is 9.97. The van der Waals surface area contributed by atoms with E-state index in [9.17, 15) is 9.59 Å². The molecule has 2 N–H and O–H groups in total. The molecule has 1 fully saturated rings. The van der Waals surface area contributed by atoms with Crippen molar-refractivity contribution >= 4 is 34.8 Å². The van der Waals surface area contributed by atoms with Crippen LogP contribution in [0.4, 0.5) is 5.69 Å². The van der Waals surface area contributed by atoms with Crippen LogP contribution in [-0.2, 0) is 16.8 Å². The van der Waals surface area contributed by atoms with Gasteiger partial charge in [-0.15, -0.1) is 5.10 Å². The van der Waals surface area contributed by atoms with Crippen LogP contribution in [0.3, 0.4) is 0 Å². The Kier molecular flexibility index (Phi) is 5.30. The number of nitrogens with zero attached hydrogens (tertiary/aromatic N) is 6. The van der Waals surface area contributed by atoms with Gasteiger partial charge in [-0.3, -0.25) is 14.2 Å². The van der Waals surface area contributed by atoms with Crippen molar-refractivity contribution in [1.82, 2.24) is 34.5 Å². The van der Waals surface area contributed by atoms with E-state index in [-0.39, 0.29) is 22.5 Å². The number of imidazole rings is 1. The minimum absolute atomic E-state index is 0.0421. The molecule has 1 amide bonds. The lowest BCUT2D eigenvalue weighted by Crippen LogP contribution is -2.40. The summed E-state index contributed by atoms with van der Waals surface area (Å²) < 4.78 is 3.37. The minimum atomic E-state index is -0.584. The SMILES string of the molecule is O=C1CCc2cc(-c3cnc(C45CCC(C4)c4nc(-c6cc(Cl)ccc6-n6cc(Cl)nn6)cc(=O)n45)[nH]3)ccc2N1. The summed E-state index contributed by atoms with van der Waals surface area (Å²) in [6.07, 6.45) is 7.07. The number of nitrogens with one attached hydrogen (secondary N) is 2. The molecular weight excluding hydrogens is 563 g/mol. The van der Waals surface area contributed by atoms with Crippen LogP contribution < -0.4 is 10.9 Å². The standard InChI is InChI=1S/C29H22Cl2N8O2/c30-18-3-5-23(38-14-24(31)36-37-38)19(10-18)21-11-26(41)39-27(34-21)17-7-8-29(39,12-17)28-32-13-22(35-28)16-1-4-20-15(9-16)2-6-25(40)33-20/h1,3-5,9-11,13-14,17H,2,6-8,12H2,(H,32,35)(H,33,40). The van der Waals surface area contributed by atoms with Gasteiger partial charge in [0.1, 0.15) is 17.2 Å². The Morgan fingerprint density at radius 1 is 1.05 bits per heavy atom. The largest absolute Gasteiger partial charge is 0.340 e. The highest BCUT2D eigenvalue weighted by atomic mass is 35.5. The first-order valence-electron chi connectivity index (χ1n) is 13.4. The quantitative estimate of drug-likeness (QED) is 0.303. The first kappa shape index (κ1) is 24.5. The Morgan fingerprint density at radius 2 is 1.95 bits per heavy atom. The molecule has 0 spiro atoms. The summed E-state index contributed by atoms with van der Waals surface area (Å²) in [6, 6.07) is 12.9. The summed E-state index contributed by atoms with van der Waals surface area (Å²) in [5.74, 6) is 1.69. The van der Waals surface area contributed by atoms with Crippen molar-refractivity contribution in [1.29, 1.82) is 0 Å². The molecule has 1 aliphatic carbocycles. The Bertz CT molecular complexity index is 1960. The van der Waals surface area contributed by atoms with Gasteiger partial charge in [0.25, 0.3) is 5.56 Å². The molecule has 8 rings (SSSR count). The average molecular weight is 585 g/mol. The molecule has 3 aliphatic rings. The van der Waals surface area contributed by atoms with E-state index in [0.717, 1.165) is 53.4 Å². The first-order valence-corrected chi connectivity index (χ1v) is 14.1. The van der Waals surface area contributed by atoms with Crippen molar-refractivity contribution in [2.24, 2.45) is 0 Å². The third-order valence-corrected chi connectivity index (χ3v) is 8.91. The molecule has 204 valence electrons. The third kappa shape index (κ3) is 3.78. The fourth-order valence-corrected chi connectivity index (χ4v) is 6.94. The van der Waals surface area contributed by atoms with E-state index in [2.05, 4.69) is 26.7 Å². The lowest BCUT2D eigenvalue weighted by molar-refractivity contribution is -0.116. The molecule has 12 heteroatoms. The van der Waals surface area contributed by atoms with E-state index >= 15 is 0 Å². The van der Waals surface area contributed by atoms with Crippen molar-refractivity contribution in [2.45, 2.75) is 43.6 Å². The van der Waals surface area contributed by atoms with E-state index < -0.39 is 5.54 Å². The molecule has 41 heavy (non-hydrogen) atoms. The van der Waals surface area contributed by atoms with Gasteiger partial charge >= 0.3 is 0 Å². The molecule has 5 aromatic rings. The molecule has 2 bridgehead atoms. The normalized spacial score (nSPS) is 20.6. The number of hydrogen-bond acceptors (Lipinski definition) is 6. The van der Waals surface area contributed by atoms with Crippen LogP contribution in [0, 0.1) is 0 Å².